The summed E-state index contributed by atoms with van der Waals surface area (Å²) in [6, 6.07) is 2.08. The van der Waals surface area contributed by atoms with Crippen molar-refractivity contribution in [1.29, 1.82) is 0 Å². The largest absolute Gasteiger partial charge is 0.369 e. The molecule has 3 heteroatoms. The maximum Gasteiger partial charge on any atom is 0.148 e. The predicted octanol–water partition coefficient (Wildman–Crippen LogP) is 2.33. The summed E-state index contributed by atoms with van der Waals surface area (Å²) >= 11 is 0. The zero-order valence-electron chi connectivity index (χ0n) is 8.80. The van der Waals surface area contributed by atoms with Crippen LogP contribution in [0.15, 0.2) is 6.07 Å². The van der Waals surface area contributed by atoms with Crippen LogP contribution in [0.1, 0.15) is 31.9 Å². The van der Waals surface area contributed by atoms with Gasteiger partial charge in [0.2, 0.25) is 0 Å². The number of aryl methyl sites for hydroxylation is 2. The molecular weight excluding hydrogens is 162 g/mol. The molecule has 0 spiro atoms. The molecule has 74 valence electrons. The van der Waals surface area contributed by atoms with E-state index in [9.17, 15) is 0 Å². The Morgan fingerprint density at radius 1 is 1.46 bits per heavy atom. The van der Waals surface area contributed by atoms with Gasteiger partial charge in [0.15, 0.2) is 0 Å². The molecule has 0 aromatic carbocycles. The Morgan fingerprint density at radius 2 is 2.23 bits per heavy atom. The van der Waals surface area contributed by atoms with Gasteiger partial charge in [-0.2, -0.15) is 5.10 Å². The molecule has 1 N–H and O–H groups in total. The van der Waals surface area contributed by atoms with Crippen LogP contribution in [0.25, 0.3) is 0 Å². The third kappa shape index (κ3) is 3.09. The van der Waals surface area contributed by atoms with Gasteiger partial charge in [0, 0.05) is 25.4 Å². The average Bonchev–Trinajstić information content (AvgIpc) is 2.41. The summed E-state index contributed by atoms with van der Waals surface area (Å²) in [5.41, 5.74) is 1.19. The molecule has 0 aliphatic heterocycles. The molecule has 0 fully saturated rings. The Balaban J connectivity index is 2.29. The second-order valence-electron chi connectivity index (χ2n) is 3.43. The van der Waals surface area contributed by atoms with E-state index in [0.29, 0.717) is 0 Å². The Labute approximate surface area is 80.1 Å². The number of nitrogens with one attached hydrogen (secondary N) is 1. The maximum absolute atomic E-state index is 4.31. The molecular formula is C10H19N3. The Bertz CT molecular complexity index is 233. The molecule has 0 aliphatic carbocycles. The normalized spacial score (nSPS) is 10.4. The molecule has 13 heavy (non-hydrogen) atoms. The number of unbranched alkanes of at least 4 members (excludes halogenated alkanes) is 2. The smallest absolute Gasteiger partial charge is 0.148 e. The monoisotopic (exact) mass is 181 g/mol. The molecule has 0 amide bonds. The molecule has 0 radical (unpaired) electrons. The quantitative estimate of drug-likeness (QED) is 0.706. The fraction of sp³-hybridized carbons (Fsp3) is 0.700. The highest BCUT2D eigenvalue weighted by Gasteiger charge is 1.98. The fourth-order valence-corrected chi connectivity index (χ4v) is 1.24. The third-order valence-electron chi connectivity index (χ3n) is 2.20. The van der Waals surface area contributed by atoms with E-state index < -0.39 is 0 Å². The number of anilines is 1. The Hall–Kier alpha value is -0.990. The van der Waals surface area contributed by atoms with Crippen LogP contribution in [0, 0.1) is 6.92 Å². The first-order valence-corrected chi connectivity index (χ1v) is 4.98. The first-order valence-electron chi connectivity index (χ1n) is 4.98. The van der Waals surface area contributed by atoms with E-state index in [1.165, 1.54) is 25.0 Å². The highest BCUT2D eigenvalue weighted by Crippen LogP contribution is 2.06. The molecule has 1 heterocycles. The minimum atomic E-state index is 0.996. The van der Waals surface area contributed by atoms with Crippen molar-refractivity contribution in [2.75, 3.05) is 11.9 Å². The molecule has 0 saturated heterocycles. The SMILES string of the molecule is CCCCCNc1cc(C)n(C)n1. The Morgan fingerprint density at radius 3 is 2.77 bits per heavy atom. The van der Waals surface area contributed by atoms with Gasteiger partial charge < -0.3 is 5.32 Å². The van der Waals surface area contributed by atoms with Crippen molar-refractivity contribution in [3.63, 3.8) is 0 Å². The molecule has 0 unspecified atom stereocenters. The highest BCUT2D eigenvalue weighted by atomic mass is 15.3. The van der Waals surface area contributed by atoms with E-state index in [1.807, 2.05) is 11.7 Å². The van der Waals surface area contributed by atoms with Crippen LogP contribution < -0.4 is 5.32 Å². The lowest BCUT2D eigenvalue weighted by molar-refractivity contribution is 0.726. The number of hydrogen-bond donors (Lipinski definition) is 1. The fourth-order valence-electron chi connectivity index (χ4n) is 1.24. The number of hydrogen-bond acceptors (Lipinski definition) is 2. The van der Waals surface area contributed by atoms with Crippen molar-refractivity contribution in [2.24, 2.45) is 7.05 Å². The molecule has 0 aliphatic rings. The average molecular weight is 181 g/mol. The molecule has 0 atom stereocenters. The van der Waals surface area contributed by atoms with Crippen LogP contribution in [-0.2, 0) is 7.05 Å². The molecule has 0 saturated carbocycles. The molecule has 1 aromatic heterocycles. The van der Waals surface area contributed by atoms with E-state index >= 15 is 0 Å². The van der Waals surface area contributed by atoms with Crippen molar-refractivity contribution in [3.05, 3.63) is 11.8 Å². The van der Waals surface area contributed by atoms with Crippen molar-refractivity contribution in [1.82, 2.24) is 9.78 Å². The summed E-state index contributed by atoms with van der Waals surface area (Å²) in [6.07, 6.45) is 3.79. The first-order chi connectivity index (χ1) is 6.24. The topological polar surface area (TPSA) is 29.9 Å². The van der Waals surface area contributed by atoms with E-state index in [1.54, 1.807) is 0 Å². The molecule has 1 aromatic rings. The van der Waals surface area contributed by atoms with Crippen LogP contribution in [0.2, 0.25) is 0 Å². The highest BCUT2D eigenvalue weighted by molar-refractivity contribution is 5.35. The van der Waals surface area contributed by atoms with Crippen LogP contribution >= 0.6 is 0 Å². The standard InChI is InChI=1S/C10H19N3/c1-4-5-6-7-11-10-8-9(2)13(3)12-10/h8H,4-7H2,1-3H3,(H,11,12). The summed E-state index contributed by atoms with van der Waals surface area (Å²) < 4.78 is 1.89. The van der Waals surface area contributed by atoms with E-state index in [0.717, 1.165) is 12.4 Å². The van der Waals surface area contributed by atoms with Crippen molar-refractivity contribution >= 4 is 5.82 Å². The second-order valence-corrected chi connectivity index (χ2v) is 3.43. The number of rotatable bonds is 5. The van der Waals surface area contributed by atoms with E-state index in [-0.39, 0.29) is 0 Å². The van der Waals surface area contributed by atoms with Crippen LogP contribution in [0.5, 0.6) is 0 Å². The number of nitrogens with zero attached hydrogens (tertiary/aromatic N) is 2. The summed E-state index contributed by atoms with van der Waals surface area (Å²) in [5, 5.41) is 7.62. The third-order valence-corrected chi connectivity index (χ3v) is 2.20. The van der Waals surface area contributed by atoms with Gasteiger partial charge in [-0.1, -0.05) is 19.8 Å². The first kappa shape index (κ1) is 10.1. The van der Waals surface area contributed by atoms with Crippen LogP contribution in [-0.4, -0.2) is 16.3 Å². The van der Waals surface area contributed by atoms with Gasteiger partial charge in [-0.05, 0) is 13.3 Å². The van der Waals surface area contributed by atoms with Gasteiger partial charge in [-0.25, -0.2) is 0 Å². The van der Waals surface area contributed by atoms with Gasteiger partial charge in [0.25, 0.3) is 0 Å². The predicted molar refractivity (Wildman–Crippen MR) is 56.0 cm³/mol. The van der Waals surface area contributed by atoms with E-state index in [2.05, 4.69) is 30.3 Å². The zero-order chi connectivity index (χ0) is 9.68. The number of aromatic nitrogens is 2. The van der Waals surface area contributed by atoms with Crippen LogP contribution in [0.4, 0.5) is 5.82 Å². The van der Waals surface area contributed by atoms with Gasteiger partial charge in [0.1, 0.15) is 5.82 Å². The van der Waals surface area contributed by atoms with Gasteiger partial charge in [-0.3, -0.25) is 4.68 Å². The lowest BCUT2D eigenvalue weighted by Gasteiger charge is -2.00. The lowest BCUT2D eigenvalue weighted by Crippen LogP contribution is -2.02. The molecule has 1 rings (SSSR count). The van der Waals surface area contributed by atoms with Crippen LogP contribution in [0.3, 0.4) is 0 Å². The Kier molecular flexibility index (Phi) is 3.80. The molecule has 0 bridgehead atoms. The van der Waals surface area contributed by atoms with Crippen molar-refractivity contribution in [2.45, 2.75) is 33.1 Å². The van der Waals surface area contributed by atoms with Crippen molar-refractivity contribution in [3.8, 4) is 0 Å². The van der Waals surface area contributed by atoms with Gasteiger partial charge in [0.05, 0.1) is 0 Å². The minimum Gasteiger partial charge on any atom is -0.369 e. The van der Waals surface area contributed by atoms with Gasteiger partial charge >= 0.3 is 0 Å². The van der Waals surface area contributed by atoms with E-state index in [4.69, 9.17) is 0 Å². The minimum absolute atomic E-state index is 0.996. The summed E-state index contributed by atoms with van der Waals surface area (Å²) in [6.45, 7) is 5.30. The van der Waals surface area contributed by atoms with Gasteiger partial charge in [-0.15, -0.1) is 0 Å². The second kappa shape index (κ2) is 4.90. The summed E-state index contributed by atoms with van der Waals surface area (Å²) in [5.74, 6) is 0.996. The zero-order valence-corrected chi connectivity index (χ0v) is 8.80. The summed E-state index contributed by atoms with van der Waals surface area (Å²) in [4.78, 5) is 0. The lowest BCUT2D eigenvalue weighted by atomic mass is 10.2. The maximum atomic E-state index is 4.31. The summed E-state index contributed by atoms with van der Waals surface area (Å²) in [7, 11) is 1.96. The van der Waals surface area contributed by atoms with Crippen molar-refractivity contribution < 1.29 is 0 Å². The molecule has 3 nitrogen and oxygen atoms in total.